The van der Waals surface area contributed by atoms with Crippen LogP contribution in [0.5, 0.6) is 5.75 Å². The van der Waals surface area contributed by atoms with E-state index in [1.54, 1.807) is 31.0 Å². The van der Waals surface area contributed by atoms with Gasteiger partial charge in [0, 0.05) is 6.54 Å². The Bertz CT molecular complexity index is 395. The van der Waals surface area contributed by atoms with Crippen molar-refractivity contribution in [1.29, 1.82) is 0 Å². The largest absolute Gasteiger partial charge is 0.506 e. The van der Waals surface area contributed by atoms with Crippen LogP contribution in [-0.4, -0.2) is 34.2 Å². The highest BCUT2D eigenvalue weighted by Crippen LogP contribution is 2.24. The second kappa shape index (κ2) is 5.18. The number of aliphatic carboxylic acids is 1. The fourth-order valence-corrected chi connectivity index (χ4v) is 1.47. The molecule has 0 saturated heterocycles. The van der Waals surface area contributed by atoms with E-state index in [0.29, 0.717) is 6.54 Å². The van der Waals surface area contributed by atoms with Gasteiger partial charge in [-0.15, -0.1) is 0 Å². The first-order chi connectivity index (χ1) is 7.41. The van der Waals surface area contributed by atoms with Crippen LogP contribution in [0, 0.1) is 0 Å². The SMILES string of the molecule is CC(C(=O)O)N(C)Cc1ccc(O)c(Cl)c1. The number of nitrogens with zero attached hydrogens (tertiary/aromatic N) is 1. The van der Waals surface area contributed by atoms with E-state index in [4.69, 9.17) is 16.7 Å². The third kappa shape index (κ3) is 3.12. The smallest absolute Gasteiger partial charge is 0.320 e. The van der Waals surface area contributed by atoms with Gasteiger partial charge in [0.25, 0.3) is 0 Å². The maximum Gasteiger partial charge on any atom is 0.320 e. The zero-order valence-corrected chi connectivity index (χ0v) is 9.90. The van der Waals surface area contributed by atoms with E-state index in [1.807, 2.05) is 0 Å². The van der Waals surface area contributed by atoms with E-state index < -0.39 is 12.0 Å². The van der Waals surface area contributed by atoms with E-state index in [0.717, 1.165) is 5.56 Å². The number of phenols is 1. The number of aromatic hydroxyl groups is 1. The molecule has 2 N–H and O–H groups in total. The second-order valence-corrected chi connectivity index (χ2v) is 4.12. The molecule has 16 heavy (non-hydrogen) atoms. The van der Waals surface area contributed by atoms with Crippen molar-refractivity contribution in [1.82, 2.24) is 4.90 Å². The molecule has 0 aliphatic carbocycles. The molecule has 0 aromatic heterocycles. The van der Waals surface area contributed by atoms with Crippen molar-refractivity contribution in [3.05, 3.63) is 28.8 Å². The van der Waals surface area contributed by atoms with Crippen molar-refractivity contribution < 1.29 is 15.0 Å². The minimum Gasteiger partial charge on any atom is -0.506 e. The zero-order chi connectivity index (χ0) is 12.3. The Kier molecular flexibility index (Phi) is 4.15. The first-order valence-corrected chi connectivity index (χ1v) is 5.20. The lowest BCUT2D eigenvalue weighted by atomic mass is 10.2. The first-order valence-electron chi connectivity index (χ1n) is 4.82. The Balaban J connectivity index is 2.73. The number of likely N-dealkylation sites (N-methyl/N-ethyl adjacent to an activating group) is 1. The lowest BCUT2D eigenvalue weighted by Gasteiger charge is -2.21. The molecular weight excluding hydrogens is 230 g/mol. The monoisotopic (exact) mass is 243 g/mol. The summed E-state index contributed by atoms with van der Waals surface area (Å²) >= 11 is 5.75. The van der Waals surface area contributed by atoms with E-state index in [1.165, 1.54) is 6.07 Å². The summed E-state index contributed by atoms with van der Waals surface area (Å²) in [5.41, 5.74) is 0.860. The third-order valence-corrected chi connectivity index (χ3v) is 2.77. The molecule has 0 heterocycles. The standard InChI is InChI=1S/C11H14ClNO3/c1-7(11(15)16)13(2)6-8-3-4-10(14)9(12)5-8/h3-5,7,14H,6H2,1-2H3,(H,15,16). The lowest BCUT2D eigenvalue weighted by molar-refractivity contribution is -0.142. The fraction of sp³-hybridized carbons (Fsp3) is 0.364. The number of hydrogen-bond donors (Lipinski definition) is 2. The highest BCUT2D eigenvalue weighted by Gasteiger charge is 2.16. The van der Waals surface area contributed by atoms with Crippen LogP contribution in [0.25, 0.3) is 0 Å². The molecule has 0 bridgehead atoms. The number of hydrogen-bond acceptors (Lipinski definition) is 3. The molecule has 1 rings (SSSR count). The minimum absolute atomic E-state index is 0.0272. The normalized spacial score (nSPS) is 12.8. The quantitative estimate of drug-likeness (QED) is 0.849. The first kappa shape index (κ1) is 12.8. The number of rotatable bonds is 4. The van der Waals surface area contributed by atoms with Crippen molar-refractivity contribution in [3.63, 3.8) is 0 Å². The molecule has 1 unspecified atom stereocenters. The molecule has 0 aliphatic heterocycles. The maximum absolute atomic E-state index is 10.7. The predicted molar refractivity (Wildman–Crippen MR) is 61.7 cm³/mol. The van der Waals surface area contributed by atoms with Crippen LogP contribution < -0.4 is 0 Å². The van der Waals surface area contributed by atoms with Gasteiger partial charge >= 0.3 is 5.97 Å². The predicted octanol–water partition coefficient (Wildman–Crippen LogP) is 1.95. The Morgan fingerprint density at radius 3 is 2.69 bits per heavy atom. The van der Waals surface area contributed by atoms with Gasteiger partial charge in [-0.25, -0.2) is 0 Å². The summed E-state index contributed by atoms with van der Waals surface area (Å²) in [4.78, 5) is 12.4. The Morgan fingerprint density at radius 2 is 2.19 bits per heavy atom. The fourth-order valence-electron chi connectivity index (χ4n) is 1.26. The number of carboxylic acids is 1. The molecule has 0 aliphatic rings. The summed E-state index contributed by atoms with van der Waals surface area (Å²) in [5, 5.41) is 18.3. The topological polar surface area (TPSA) is 60.8 Å². The molecule has 0 radical (unpaired) electrons. The second-order valence-electron chi connectivity index (χ2n) is 3.72. The molecule has 1 atom stereocenters. The van der Waals surface area contributed by atoms with E-state index in [-0.39, 0.29) is 10.8 Å². The Hall–Kier alpha value is -1.26. The van der Waals surface area contributed by atoms with E-state index >= 15 is 0 Å². The molecular formula is C11H14ClNO3. The summed E-state index contributed by atoms with van der Waals surface area (Å²) < 4.78 is 0. The maximum atomic E-state index is 10.7. The van der Waals surface area contributed by atoms with E-state index in [2.05, 4.69) is 0 Å². The van der Waals surface area contributed by atoms with Gasteiger partial charge in [-0.2, -0.15) is 0 Å². The molecule has 88 valence electrons. The molecule has 0 spiro atoms. The van der Waals surface area contributed by atoms with Gasteiger partial charge in [0.2, 0.25) is 0 Å². The molecule has 4 nitrogen and oxygen atoms in total. The minimum atomic E-state index is -0.868. The van der Waals surface area contributed by atoms with E-state index in [9.17, 15) is 9.90 Å². The number of carboxylic acid groups (broad SMARTS) is 1. The van der Waals surface area contributed by atoms with Gasteiger partial charge in [0.15, 0.2) is 0 Å². The molecule has 5 heteroatoms. The number of carbonyl (C=O) groups is 1. The van der Waals surface area contributed by atoms with Crippen molar-refractivity contribution >= 4 is 17.6 Å². The molecule has 0 amide bonds. The van der Waals surface area contributed by atoms with Crippen LogP contribution in [0.1, 0.15) is 12.5 Å². The summed E-state index contributed by atoms with van der Waals surface area (Å²) in [6.45, 7) is 2.08. The van der Waals surface area contributed by atoms with Crippen LogP contribution in [0.15, 0.2) is 18.2 Å². The van der Waals surface area contributed by atoms with Crippen molar-refractivity contribution in [2.75, 3.05) is 7.05 Å². The number of halogens is 1. The molecule has 0 saturated carbocycles. The van der Waals surface area contributed by atoms with Gasteiger partial charge in [-0.05, 0) is 31.7 Å². The van der Waals surface area contributed by atoms with Crippen LogP contribution in [0.2, 0.25) is 5.02 Å². The highest BCUT2D eigenvalue weighted by atomic mass is 35.5. The van der Waals surface area contributed by atoms with Crippen molar-refractivity contribution in [3.8, 4) is 5.75 Å². The average molecular weight is 244 g/mol. The van der Waals surface area contributed by atoms with Crippen molar-refractivity contribution in [2.45, 2.75) is 19.5 Å². The molecule has 1 aromatic rings. The van der Waals surface area contributed by atoms with Gasteiger partial charge in [0.05, 0.1) is 5.02 Å². The summed E-state index contributed by atoms with van der Waals surface area (Å²) in [6, 6.07) is 4.28. The van der Waals surface area contributed by atoms with Crippen LogP contribution in [-0.2, 0) is 11.3 Å². The van der Waals surface area contributed by atoms with Crippen LogP contribution in [0.3, 0.4) is 0 Å². The van der Waals surface area contributed by atoms with Gasteiger partial charge in [-0.1, -0.05) is 17.7 Å². The molecule has 0 fully saturated rings. The van der Waals surface area contributed by atoms with Crippen LogP contribution in [0.4, 0.5) is 0 Å². The van der Waals surface area contributed by atoms with Gasteiger partial charge in [0.1, 0.15) is 11.8 Å². The van der Waals surface area contributed by atoms with Crippen molar-refractivity contribution in [2.24, 2.45) is 0 Å². The highest BCUT2D eigenvalue weighted by molar-refractivity contribution is 6.32. The van der Waals surface area contributed by atoms with Crippen LogP contribution >= 0.6 is 11.6 Å². The Labute approximate surface area is 99.1 Å². The average Bonchev–Trinajstić information content (AvgIpc) is 2.22. The summed E-state index contributed by atoms with van der Waals surface area (Å²) in [5.74, 6) is -0.841. The third-order valence-electron chi connectivity index (χ3n) is 2.46. The van der Waals surface area contributed by atoms with Gasteiger partial charge < -0.3 is 10.2 Å². The lowest BCUT2D eigenvalue weighted by Crippen LogP contribution is -2.35. The molecule has 1 aromatic carbocycles. The summed E-state index contributed by atoms with van der Waals surface area (Å²) in [7, 11) is 1.72. The Morgan fingerprint density at radius 1 is 1.56 bits per heavy atom. The van der Waals surface area contributed by atoms with Gasteiger partial charge in [-0.3, -0.25) is 9.69 Å². The zero-order valence-electron chi connectivity index (χ0n) is 9.14. The number of phenolic OH excluding ortho intramolecular Hbond substituents is 1. The number of benzene rings is 1. The summed E-state index contributed by atoms with van der Waals surface area (Å²) in [6.07, 6.45) is 0.